The lowest BCUT2D eigenvalue weighted by atomic mass is 10.2. The summed E-state index contributed by atoms with van der Waals surface area (Å²) in [6, 6.07) is 5.63. The molecule has 0 saturated carbocycles. The molecule has 13 heavy (non-hydrogen) atoms. The first-order valence-electron chi connectivity index (χ1n) is 3.56. The van der Waals surface area contributed by atoms with E-state index < -0.39 is 11.4 Å². The van der Waals surface area contributed by atoms with Crippen LogP contribution >= 0.6 is 15.9 Å². The Hall–Kier alpha value is -1.16. The van der Waals surface area contributed by atoms with E-state index in [1.165, 1.54) is 12.1 Å². The van der Waals surface area contributed by atoms with Crippen molar-refractivity contribution in [2.75, 3.05) is 0 Å². The second-order valence-electron chi connectivity index (χ2n) is 2.56. The minimum absolute atomic E-state index is 0.258. The van der Waals surface area contributed by atoms with Gasteiger partial charge in [-0.05, 0) is 28.1 Å². The zero-order valence-corrected chi connectivity index (χ0v) is 7.97. The van der Waals surface area contributed by atoms with E-state index in [0.717, 1.165) is 0 Å². The molecule has 1 aromatic heterocycles. The van der Waals surface area contributed by atoms with Gasteiger partial charge in [0.15, 0.2) is 0 Å². The van der Waals surface area contributed by atoms with Crippen LogP contribution in [-0.2, 0) is 0 Å². The fourth-order valence-corrected chi connectivity index (χ4v) is 1.42. The molecule has 0 fully saturated rings. The molecule has 0 N–H and O–H groups in total. The topological polar surface area (TPSA) is 30.2 Å². The third-order valence-electron chi connectivity index (χ3n) is 1.66. The Kier molecular flexibility index (Phi) is 1.92. The molecule has 0 saturated heterocycles. The molecule has 4 heteroatoms. The fourth-order valence-electron chi connectivity index (χ4n) is 1.06. The number of hydrogen-bond donors (Lipinski definition) is 0. The summed E-state index contributed by atoms with van der Waals surface area (Å²) in [7, 11) is 0. The summed E-state index contributed by atoms with van der Waals surface area (Å²) >= 11 is 3.04. The van der Waals surface area contributed by atoms with Gasteiger partial charge in [-0.25, -0.2) is 9.18 Å². The van der Waals surface area contributed by atoms with Crippen LogP contribution in [0.25, 0.3) is 11.0 Å². The average Bonchev–Trinajstić information content (AvgIpc) is 2.08. The monoisotopic (exact) mass is 242 g/mol. The molecule has 0 unspecified atom stereocenters. The lowest BCUT2D eigenvalue weighted by Crippen LogP contribution is -1.94. The summed E-state index contributed by atoms with van der Waals surface area (Å²) in [6.07, 6.45) is 0. The van der Waals surface area contributed by atoms with Crippen LogP contribution in [0.1, 0.15) is 0 Å². The van der Waals surface area contributed by atoms with Crippen molar-refractivity contribution < 1.29 is 8.81 Å². The number of hydrogen-bond acceptors (Lipinski definition) is 2. The molecule has 2 nitrogen and oxygen atoms in total. The van der Waals surface area contributed by atoms with Crippen molar-refractivity contribution >= 4 is 26.9 Å². The van der Waals surface area contributed by atoms with Gasteiger partial charge in [0.1, 0.15) is 11.4 Å². The molecule has 2 aromatic rings. The third-order valence-corrected chi connectivity index (χ3v) is 2.27. The largest absolute Gasteiger partial charge is 0.423 e. The van der Waals surface area contributed by atoms with Gasteiger partial charge in [-0.3, -0.25) is 0 Å². The van der Waals surface area contributed by atoms with E-state index in [1.54, 1.807) is 12.1 Å². The number of rotatable bonds is 0. The van der Waals surface area contributed by atoms with Crippen molar-refractivity contribution in [1.82, 2.24) is 0 Å². The molecule has 0 aliphatic carbocycles. The van der Waals surface area contributed by atoms with E-state index in [9.17, 15) is 9.18 Å². The Labute approximate surface area is 81.1 Å². The predicted octanol–water partition coefficient (Wildman–Crippen LogP) is 2.69. The summed E-state index contributed by atoms with van der Waals surface area (Å²) in [5, 5.41) is 0.688. The summed E-state index contributed by atoms with van der Waals surface area (Å²) in [5.74, 6) is -0.443. The van der Waals surface area contributed by atoms with Crippen molar-refractivity contribution in [3.63, 3.8) is 0 Å². The first-order chi connectivity index (χ1) is 6.16. The molecule has 0 radical (unpaired) electrons. The molecular formula is C9H4BrFO2. The van der Waals surface area contributed by atoms with Crippen LogP contribution in [0.2, 0.25) is 0 Å². The standard InChI is InChI=1S/C9H4BrFO2/c10-6-3-5-1-2-9(12)13-8(5)4-7(6)11/h1-4H. The van der Waals surface area contributed by atoms with Crippen molar-refractivity contribution in [1.29, 1.82) is 0 Å². The lowest BCUT2D eigenvalue weighted by Gasteiger charge is -1.97. The van der Waals surface area contributed by atoms with E-state index in [2.05, 4.69) is 15.9 Å². The molecule has 0 spiro atoms. The molecule has 0 atom stereocenters. The van der Waals surface area contributed by atoms with Gasteiger partial charge in [-0.15, -0.1) is 0 Å². The third kappa shape index (κ3) is 1.49. The molecule has 2 rings (SSSR count). The van der Waals surface area contributed by atoms with E-state index in [4.69, 9.17) is 4.42 Å². The van der Waals surface area contributed by atoms with E-state index in [0.29, 0.717) is 9.86 Å². The summed E-state index contributed by atoms with van der Waals surface area (Å²) < 4.78 is 18.1. The maximum atomic E-state index is 13.0. The molecular weight excluding hydrogens is 239 g/mol. The summed E-state index contributed by atoms with van der Waals surface area (Å²) in [5.41, 5.74) is -0.220. The molecule has 0 amide bonds. The Balaban J connectivity index is 2.89. The van der Waals surface area contributed by atoms with Gasteiger partial charge < -0.3 is 4.42 Å². The second-order valence-corrected chi connectivity index (χ2v) is 3.41. The Morgan fingerprint density at radius 3 is 2.85 bits per heavy atom. The molecule has 1 heterocycles. The summed E-state index contributed by atoms with van der Waals surface area (Å²) in [4.78, 5) is 10.8. The first kappa shape index (κ1) is 8.44. The number of halogens is 2. The molecule has 0 bridgehead atoms. The van der Waals surface area contributed by atoms with Crippen molar-refractivity contribution in [2.45, 2.75) is 0 Å². The fraction of sp³-hybridized carbons (Fsp3) is 0. The zero-order valence-electron chi connectivity index (χ0n) is 6.38. The number of benzene rings is 1. The predicted molar refractivity (Wildman–Crippen MR) is 50.1 cm³/mol. The highest BCUT2D eigenvalue weighted by atomic mass is 79.9. The van der Waals surface area contributed by atoms with Crippen molar-refractivity contribution in [3.8, 4) is 0 Å². The van der Waals surface area contributed by atoms with Crippen LogP contribution in [0.3, 0.4) is 0 Å². The first-order valence-corrected chi connectivity index (χ1v) is 4.35. The Morgan fingerprint density at radius 1 is 1.31 bits per heavy atom. The maximum absolute atomic E-state index is 13.0. The minimum Gasteiger partial charge on any atom is -0.423 e. The van der Waals surface area contributed by atoms with Crippen molar-refractivity contribution in [2.24, 2.45) is 0 Å². The molecule has 66 valence electrons. The smallest absolute Gasteiger partial charge is 0.336 e. The van der Waals surface area contributed by atoms with Gasteiger partial charge in [0.2, 0.25) is 0 Å². The van der Waals surface area contributed by atoms with Crippen LogP contribution in [-0.4, -0.2) is 0 Å². The van der Waals surface area contributed by atoms with Crippen LogP contribution in [0, 0.1) is 5.82 Å². The minimum atomic E-state index is -0.478. The zero-order chi connectivity index (χ0) is 9.42. The van der Waals surface area contributed by atoms with Gasteiger partial charge in [0, 0.05) is 17.5 Å². The average molecular weight is 243 g/mol. The highest BCUT2D eigenvalue weighted by Gasteiger charge is 2.03. The van der Waals surface area contributed by atoms with Crippen LogP contribution in [0.15, 0.2) is 37.9 Å². The maximum Gasteiger partial charge on any atom is 0.336 e. The normalized spacial score (nSPS) is 10.6. The Morgan fingerprint density at radius 2 is 2.08 bits per heavy atom. The van der Waals surface area contributed by atoms with E-state index >= 15 is 0 Å². The van der Waals surface area contributed by atoms with E-state index in [1.807, 2.05) is 0 Å². The van der Waals surface area contributed by atoms with E-state index in [-0.39, 0.29) is 5.58 Å². The highest BCUT2D eigenvalue weighted by molar-refractivity contribution is 9.10. The van der Waals surface area contributed by atoms with Gasteiger partial charge in [0.25, 0.3) is 0 Å². The molecule has 1 aromatic carbocycles. The van der Waals surface area contributed by atoms with Crippen LogP contribution in [0.5, 0.6) is 0 Å². The lowest BCUT2D eigenvalue weighted by molar-refractivity contribution is 0.553. The highest BCUT2D eigenvalue weighted by Crippen LogP contribution is 2.21. The SMILES string of the molecule is O=c1ccc2cc(Br)c(F)cc2o1. The van der Waals surface area contributed by atoms with Gasteiger partial charge in [-0.1, -0.05) is 0 Å². The number of fused-ring (bicyclic) bond motifs is 1. The van der Waals surface area contributed by atoms with Crippen LogP contribution < -0.4 is 5.63 Å². The van der Waals surface area contributed by atoms with Crippen LogP contribution in [0.4, 0.5) is 4.39 Å². The van der Waals surface area contributed by atoms with Gasteiger partial charge in [-0.2, -0.15) is 0 Å². The van der Waals surface area contributed by atoms with Crippen molar-refractivity contribution in [3.05, 3.63) is 45.0 Å². The van der Waals surface area contributed by atoms with Gasteiger partial charge >= 0.3 is 5.63 Å². The Bertz CT molecular complexity index is 518. The summed E-state index contributed by atoms with van der Waals surface area (Å²) in [6.45, 7) is 0. The molecule has 0 aliphatic heterocycles. The quantitative estimate of drug-likeness (QED) is 0.666. The van der Waals surface area contributed by atoms with Gasteiger partial charge in [0.05, 0.1) is 4.47 Å². The molecule has 0 aliphatic rings. The second kappa shape index (κ2) is 2.96.